The zero-order chi connectivity index (χ0) is 18.6. The molecule has 0 heterocycles. The van der Waals surface area contributed by atoms with E-state index in [1.165, 1.54) is 27.5 Å². The Kier molecular flexibility index (Phi) is 4.76. The van der Waals surface area contributed by atoms with E-state index in [4.69, 9.17) is 4.74 Å². The lowest BCUT2D eigenvalue weighted by atomic mass is 10.0. The summed E-state index contributed by atoms with van der Waals surface area (Å²) in [6.45, 7) is 6.60. The zero-order valence-corrected chi connectivity index (χ0v) is 15.5. The molecular formula is C26H22O. The fourth-order valence-electron chi connectivity index (χ4n) is 3.17. The van der Waals surface area contributed by atoms with E-state index in [0.29, 0.717) is 6.61 Å². The molecule has 4 aromatic rings. The average Bonchev–Trinajstić information content (AvgIpc) is 2.72. The molecular weight excluding hydrogens is 328 g/mol. The smallest absolute Gasteiger partial charge is 0.120 e. The molecule has 4 aromatic carbocycles. The van der Waals surface area contributed by atoms with E-state index in [1.807, 2.05) is 19.1 Å². The van der Waals surface area contributed by atoms with Crippen molar-refractivity contribution in [3.05, 3.63) is 109 Å². The Hall–Kier alpha value is -3.32. The third-order valence-corrected chi connectivity index (χ3v) is 4.77. The topological polar surface area (TPSA) is 9.23 Å². The van der Waals surface area contributed by atoms with Crippen molar-refractivity contribution < 1.29 is 4.74 Å². The molecule has 0 amide bonds. The largest absolute Gasteiger partial charge is 0.489 e. The molecule has 4 rings (SSSR count). The van der Waals surface area contributed by atoms with Gasteiger partial charge in [-0.1, -0.05) is 84.9 Å². The predicted octanol–water partition coefficient (Wildman–Crippen LogP) is 7.12. The van der Waals surface area contributed by atoms with E-state index in [0.717, 1.165) is 16.9 Å². The summed E-state index contributed by atoms with van der Waals surface area (Å²) >= 11 is 0. The van der Waals surface area contributed by atoms with Crippen LogP contribution in [0.3, 0.4) is 0 Å². The highest BCUT2D eigenvalue weighted by molar-refractivity contribution is 5.87. The Balaban J connectivity index is 1.46. The summed E-state index contributed by atoms with van der Waals surface area (Å²) in [5, 5.41) is 2.38. The number of benzene rings is 4. The van der Waals surface area contributed by atoms with Crippen LogP contribution in [-0.2, 0) is 6.61 Å². The van der Waals surface area contributed by atoms with Crippen LogP contribution in [-0.4, -0.2) is 0 Å². The molecule has 0 fully saturated rings. The Bertz CT molecular complexity index is 1080. The van der Waals surface area contributed by atoms with Crippen molar-refractivity contribution in [3.8, 4) is 16.9 Å². The summed E-state index contributed by atoms with van der Waals surface area (Å²) in [6.07, 6.45) is 0. The van der Waals surface area contributed by atoms with Crippen molar-refractivity contribution >= 4 is 16.3 Å². The van der Waals surface area contributed by atoms with E-state index < -0.39 is 0 Å². The third kappa shape index (κ3) is 3.93. The van der Waals surface area contributed by atoms with Crippen LogP contribution in [0.15, 0.2) is 97.6 Å². The highest BCUT2D eigenvalue weighted by Gasteiger charge is 2.02. The lowest BCUT2D eigenvalue weighted by Gasteiger charge is -2.09. The molecule has 0 bridgehead atoms. The molecule has 0 N–H and O–H groups in total. The van der Waals surface area contributed by atoms with Gasteiger partial charge in [0.05, 0.1) is 0 Å². The Morgan fingerprint density at radius 2 is 1.41 bits per heavy atom. The lowest BCUT2D eigenvalue weighted by Crippen LogP contribution is -1.95. The van der Waals surface area contributed by atoms with Gasteiger partial charge in [0.15, 0.2) is 0 Å². The zero-order valence-electron chi connectivity index (χ0n) is 15.5. The average molecular weight is 350 g/mol. The molecule has 0 aliphatic rings. The second-order valence-electron chi connectivity index (χ2n) is 6.86. The number of hydrogen-bond donors (Lipinski definition) is 0. The van der Waals surface area contributed by atoms with Gasteiger partial charge in [0.2, 0.25) is 0 Å². The first kappa shape index (κ1) is 17.1. The van der Waals surface area contributed by atoms with Gasteiger partial charge in [-0.05, 0) is 58.1 Å². The Morgan fingerprint density at radius 1 is 0.741 bits per heavy atom. The fraction of sp³-hybridized carbons (Fsp3) is 0.0769. The summed E-state index contributed by atoms with van der Waals surface area (Å²) in [7, 11) is 0. The third-order valence-electron chi connectivity index (χ3n) is 4.77. The van der Waals surface area contributed by atoms with Gasteiger partial charge in [0.1, 0.15) is 12.4 Å². The summed E-state index contributed by atoms with van der Waals surface area (Å²) in [5.74, 6) is 0.887. The number of hydrogen-bond acceptors (Lipinski definition) is 1. The first-order valence-electron chi connectivity index (χ1n) is 9.16. The predicted molar refractivity (Wildman–Crippen MR) is 115 cm³/mol. The molecule has 0 radical (unpaired) electrons. The van der Waals surface area contributed by atoms with Crippen molar-refractivity contribution in [2.75, 3.05) is 0 Å². The highest BCUT2D eigenvalue weighted by Crippen LogP contribution is 2.25. The first-order chi connectivity index (χ1) is 13.2. The van der Waals surface area contributed by atoms with Gasteiger partial charge in [-0.3, -0.25) is 0 Å². The van der Waals surface area contributed by atoms with Crippen molar-refractivity contribution in [2.24, 2.45) is 0 Å². The summed E-state index contributed by atoms with van der Waals surface area (Å²) in [5.41, 5.74) is 5.87. The molecule has 132 valence electrons. The van der Waals surface area contributed by atoms with Gasteiger partial charge >= 0.3 is 0 Å². The van der Waals surface area contributed by atoms with Crippen LogP contribution in [0, 0.1) is 0 Å². The van der Waals surface area contributed by atoms with Crippen LogP contribution in [0.2, 0.25) is 0 Å². The summed E-state index contributed by atoms with van der Waals surface area (Å²) in [4.78, 5) is 0. The molecule has 0 spiro atoms. The molecule has 1 nitrogen and oxygen atoms in total. The Labute approximate surface area is 160 Å². The van der Waals surface area contributed by atoms with Crippen LogP contribution < -0.4 is 4.74 Å². The van der Waals surface area contributed by atoms with Gasteiger partial charge in [-0.15, -0.1) is 0 Å². The second-order valence-corrected chi connectivity index (χ2v) is 6.86. The van der Waals surface area contributed by atoms with E-state index in [2.05, 4.69) is 85.4 Å². The molecule has 0 saturated carbocycles. The molecule has 27 heavy (non-hydrogen) atoms. The maximum Gasteiger partial charge on any atom is 0.120 e. The van der Waals surface area contributed by atoms with E-state index >= 15 is 0 Å². The molecule has 0 saturated heterocycles. The standard InChI is InChI=1S/C26H22O/c1-19(2)23-12-13-25-17-26(15-14-24(25)16-23)27-18-20-8-10-22(11-9-20)21-6-4-3-5-7-21/h3-17H,1,18H2,2H3. The minimum atomic E-state index is 0.560. The van der Waals surface area contributed by atoms with Crippen molar-refractivity contribution in [1.82, 2.24) is 0 Å². The van der Waals surface area contributed by atoms with Crippen molar-refractivity contribution in [3.63, 3.8) is 0 Å². The number of ether oxygens (including phenoxy) is 1. The normalized spacial score (nSPS) is 10.7. The van der Waals surface area contributed by atoms with Gasteiger partial charge in [0.25, 0.3) is 0 Å². The van der Waals surface area contributed by atoms with E-state index in [1.54, 1.807) is 0 Å². The van der Waals surface area contributed by atoms with Crippen molar-refractivity contribution in [2.45, 2.75) is 13.5 Å². The SMILES string of the molecule is C=C(C)c1ccc2cc(OCc3ccc(-c4ccccc4)cc3)ccc2c1. The first-order valence-corrected chi connectivity index (χ1v) is 9.16. The second kappa shape index (κ2) is 7.51. The summed E-state index contributed by atoms with van der Waals surface area (Å²) in [6, 6.07) is 31.6. The van der Waals surface area contributed by atoms with Crippen molar-refractivity contribution in [1.29, 1.82) is 0 Å². The van der Waals surface area contributed by atoms with E-state index in [9.17, 15) is 0 Å². The van der Waals surface area contributed by atoms with Gasteiger partial charge < -0.3 is 4.74 Å². The molecule has 0 aliphatic heterocycles. The van der Waals surface area contributed by atoms with Gasteiger partial charge in [-0.2, -0.15) is 0 Å². The minimum Gasteiger partial charge on any atom is -0.489 e. The van der Waals surface area contributed by atoms with Crippen LogP contribution in [0.4, 0.5) is 0 Å². The number of rotatable bonds is 5. The monoisotopic (exact) mass is 350 g/mol. The molecule has 1 heteroatoms. The maximum absolute atomic E-state index is 6.01. The minimum absolute atomic E-state index is 0.560. The molecule has 0 aliphatic carbocycles. The molecule has 0 atom stereocenters. The van der Waals surface area contributed by atoms with Crippen LogP contribution in [0.1, 0.15) is 18.1 Å². The van der Waals surface area contributed by atoms with Crippen LogP contribution in [0.5, 0.6) is 5.75 Å². The van der Waals surface area contributed by atoms with E-state index in [-0.39, 0.29) is 0 Å². The fourth-order valence-corrected chi connectivity index (χ4v) is 3.17. The highest BCUT2D eigenvalue weighted by atomic mass is 16.5. The molecule has 0 unspecified atom stereocenters. The van der Waals surface area contributed by atoms with Gasteiger partial charge in [0, 0.05) is 0 Å². The lowest BCUT2D eigenvalue weighted by molar-refractivity contribution is 0.306. The number of allylic oxidation sites excluding steroid dienone is 1. The quantitative estimate of drug-likeness (QED) is 0.372. The van der Waals surface area contributed by atoms with Gasteiger partial charge in [-0.25, -0.2) is 0 Å². The number of fused-ring (bicyclic) bond motifs is 1. The summed E-state index contributed by atoms with van der Waals surface area (Å²) < 4.78 is 6.01. The van der Waals surface area contributed by atoms with Crippen LogP contribution >= 0.6 is 0 Å². The Morgan fingerprint density at radius 3 is 2.15 bits per heavy atom. The van der Waals surface area contributed by atoms with Crippen LogP contribution in [0.25, 0.3) is 27.5 Å². The molecule has 0 aromatic heterocycles. The maximum atomic E-state index is 6.01.